The Labute approximate surface area is 179 Å². The van der Waals surface area contributed by atoms with E-state index in [1.807, 2.05) is 6.92 Å². The van der Waals surface area contributed by atoms with Gasteiger partial charge in [0.1, 0.15) is 0 Å². The Kier molecular flexibility index (Phi) is 21.1. The molecule has 28 heavy (non-hydrogen) atoms. The standard InChI is InChI=1S/C25H42O2S/c1-3-5-6-7-8-9-10-11-12-13-14-15-16-17-18-19-21-24(22-20-23-28)25(26)27-4-2/h5-6,8-9,21,23H,3-4,7,10-20,22H2,1-2H3. The van der Waals surface area contributed by atoms with Crippen molar-refractivity contribution < 1.29 is 9.53 Å². The minimum atomic E-state index is -0.174. The van der Waals surface area contributed by atoms with Gasteiger partial charge in [-0.2, -0.15) is 0 Å². The van der Waals surface area contributed by atoms with Gasteiger partial charge in [-0.1, -0.05) is 88.0 Å². The quantitative estimate of drug-likeness (QED) is 0.0713. The lowest BCUT2D eigenvalue weighted by Gasteiger charge is -2.06. The first kappa shape index (κ1) is 26.8. The van der Waals surface area contributed by atoms with Gasteiger partial charge in [0, 0.05) is 5.57 Å². The molecule has 0 aliphatic carbocycles. The van der Waals surface area contributed by atoms with Crippen LogP contribution in [0.1, 0.15) is 104 Å². The van der Waals surface area contributed by atoms with Gasteiger partial charge < -0.3 is 4.74 Å². The zero-order chi connectivity index (χ0) is 20.7. The van der Waals surface area contributed by atoms with Crippen LogP contribution in [0.3, 0.4) is 0 Å². The number of rotatable bonds is 19. The lowest BCUT2D eigenvalue weighted by Crippen LogP contribution is -2.08. The van der Waals surface area contributed by atoms with E-state index in [4.69, 9.17) is 17.0 Å². The highest BCUT2D eigenvalue weighted by atomic mass is 32.1. The first-order valence-corrected chi connectivity index (χ1v) is 11.8. The van der Waals surface area contributed by atoms with Crippen molar-refractivity contribution in [2.75, 3.05) is 6.61 Å². The molecule has 0 aliphatic rings. The van der Waals surface area contributed by atoms with Crippen molar-refractivity contribution in [1.29, 1.82) is 0 Å². The Hall–Kier alpha value is -1.22. The van der Waals surface area contributed by atoms with E-state index in [2.05, 4.69) is 37.3 Å². The van der Waals surface area contributed by atoms with Gasteiger partial charge in [-0.25, -0.2) is 4.79 Å². The van der Waals surface area contributed by atoms with Crippen molar-refractivity contribution in [3.8, 4) is 0 Å². The number of allylic oxidation sites excluding steroid dienone is 5. The van der Waals surface area contributed by atoms with E-state index >= 15 is 0 Å². The van der Waals surface area contributed by atoms with Crippen molar-refractivity contribution in [2.45, 2.75) is 104 Å². The summed E-state index contributed by atoms with van der Waals surface area (Å²) < 4.78 is 5.12. The highest BCUT2D eigenvalue weighted by Gasteiger charge is 2.08. The highest BCUT2D eigenvalue weighted by molar-refractivity contribution is 7.78. The van der Waals surface area contributed by atoms with Gasteiger partial charge >= 0.3 is 5.97 Å². The molecule has 0 atom stereocenters. The minimum Gasteiger partial charge on any atom is -0.463 e. The van der Waals surface area contributed by atoms with E-state index in [9.17, 15) is 4.79 Å². The Morgan fingerprint density at radius 2 is 1.39 bits per heavy atom. The molecule has 160 valence electrons. The molecule has 0 saturated heterocycles. The maximum Gasteiger partial charge on any atom is 0.333 e. The van der Waals surface area contributed by atoms with Crippen molar-refractivity contribution in [1.82, 2.24) is 0 Å². The van der Waals surface area contributed by atoms with E-state index in [1.54, 1.807) is 5.37 Å². The predicted octanol–water partition coefficient (Wildman–Crippen LogP) is 8.07. The monoisotopic (exact) mass is 406 g/mol. The molecule has 0 aromatic rings. The maximum atomic E-state index is 11.9. The topological polar surface area (TPSA) is 26.3 Å². The predicted molar refractivity (Wildman–Crippen MR) is 127 cm³/mol. The number of carbonyl (C=O) groups excluding carboxylic acids is 1. The Bertz CT molecular complexity index is 463. The largest absolute Gasteiger partial charge is 0.463 e. The molecule has 0 spiro atoms. The lowest BCUT2D eigenvalue weighted by atomic mass is 10.0. The van der Waals surface area contributed by atoms with E-state index in [0.29, 0.717) is 13.0 Å². The van der Waals surface area contributed by atoms with Gasteiger partial charge in [0.15, 0.2) is 0 Å². The van der Waals surface area contributed by atoms with E-state index in [1.165, 1.54) is 51.4 Å². The summed E-state index contributed by atoms with van der Waals surface area (Å²) in [5, 5.41) is 1.69. The van der Waals surface area contributed by atoms with Crippen molar-refractivity contribution in [3.63, 3.8) is 0 Å². The number of esters is 1. The van der Waals surface area contributed by atoms with Gasteiger partial charge in [-0.15, -0.1) is 0 Å². The molecular formula is C25H42O2S. The molecule has 0 aromatic carbocycles. The number of thiocarbonyl (C=S) groups is 1. The molecule has 0 N–H and O–H groups in total. The smallest absolute Gasteiger partial charge is 0.333 e. The van der Waals surface area contributed by atoms with Crippen molar-refractivity contribution >= 4 is 23.6 Å². The highest BCUT2D eigenvalue weighted by Crippen LogP contribution is 2.13. The van der Waals surface area contributed by atoms with Crippen LogP contribution in [0, 0.1) is 0 Å². The molecule has 0 bridgehead atoms. The molecule has 0 unspecified atom stereocenters. The minimum absolute atomic E-state index is 0.174. The van der Waals surface area contributed by atoms with Crippen LogP contribution in [0.2, 0.25) is 0 Å². The normalized spacial score (nSPS) is 12.1. The van der Waals surface area contributed by atoms with Gasteiger partial charge in [0.2, 0.25) is 0 Å². The van der Waals surface area contributed by atoms with Crippen LogP contribution >= 0.6 is 12.2 Å². The van der Waals surface area contributed by atoms with E-state index in [0.717, 1.165) is 37.7 Å². The summed E-state index contributed by atoms with van der Waals surface area (Å²) >= 11 is 4.87. The van der Waals surface area contributed by atoms with Crippen molar-refractivity contribution in [3.05, 3.63) is 36.0 Å². The molecule has 0 rings (SSSR count). The van der Waals surface area contributed by atoms with Gasteiger partial charge in [-0.05, 0) is 63.7 Å². The average molecular weight is 407 g/mol. The number of carbonyl (C=O) groups is 1. The first-order chi connectivity index (χ1) is 13.8. The van der Waals surface area contributed by atoms with Crippen LogP contribution in [0.25, 0.3) is 0 Å². The van der Waals surface area contributed by atoms with Gasteiger partial charge in [0.25, 0.3) is 0 Å². The number of ether oxygens (including phenoxy) is 1. The van der Waals surface area contributed by atoms with Crippen molar-refractivity contribution in [2.24, 2.45) is 0 Å². The zero-order valence-electron chi connectivity index (χ0n) is 18.3. The van der Waals surface area contributed by atoms with E-state index < -0.39 is 0 Å². The fraction of sp³-hybridized carbons (Fsp3) is 0.680. The molecule has 0 radical (unpaired) electrons. The second-order valence-corrected chi connectivity index (χ2v) is 7.48. The first-order valence-electron chi connectivity index (χ1n) is 11.4. The maximum absolute atomic E-state index is 11.9. The summed E-state index contributed by atoms with van der Waals surface area (Å²) in [7, 11) is 0. The third-order valence-electron chi connectivity index (χ3n) is 4.63. The van der Waals surface area contributed by atoms with Crippen LogP contribution in [-0.2, 0) is 9.53 Å². The summed E-state index contributed by atoms with van der Waals surface area (Å²) in [5.74, 6) is -0.174. The summed E-state index contributed by atoms with van der Waals surface area (Å²) in [6.45, 7) is 4.45. The second-order valence-electron chi connectivity index (χ2n) is 7.15. The molecule has 0 heterocycles. The fourth-order valence-electron chi connectivity index (χ4n) is 3.02. The third-order valence-corrected chi connectivity index (χ3v) is 4.86. The number of hydrogen-bond acceptors (Lipinski definition) is 3. The van der Waals surface area contributed by atoms with Gasteiger partial charge in [-0.3, -0.25) is 0 Å². The molecule has 3 heteroatoms. The summed E-state index contributed by atoms with van der Waals surface area (Å²) in [4.78, 5) is 11.9. The van der Waals surface area contributed by atoms with Crippen LogP contribution in [-0.4, -0.2) is 17.9 Å². The molecule has 0 saturated carbocycles. The summed E-state index contributed by atoms with van der Waals surface area (Å²) in [6, 6.07) is 0. The molecule has 0 amide bonds. The fourth-order valence-corrected chi connectivity index (χ4v) is 3.14. The van der Waals surface area contributed by atoms with Gasteiger partial charge in [0.05, 0.1) is 6.61 Å². The number of hydrogen-bond donors (Lipinski definition) is 0. The average Bonchev–Trinajstić information content (AvgIpc) is 2.70. The SMILES string of the molecule is CCC=CCC=CCCCCCCCCCCC=C(CCC=S)C(=O)OCC. The van der Waals surface area contributed by atoms with Crippen LogP contribution in [0.15, 0.2) is 36.0 Å². The summed E-state index contributed by atoms with van der Waals surface area (Å²) in [5.41, 5.74) is 0.790. The van der Waals surface area contributed by atoms with E-state index in [-0.39, 0.29) is 5.97 Å². The third kappa shape index (κ3) is 18.2. The van der Waals surface area contributed by atoms with Crippen LogP contribution in [0.4, 0.5) is 0 Å². The van der Waals surface area contributed by atoms with Crippen LogP contribution in [0.5, 0.6) is 0 Å². The zero-order valence-corrected chi connectivity index (χ0v) is 19.1. The Balaban J connectivity index is 3.60. The summed E-state index contributed by atoms with van der Waals surface area (Å²) in [6.07, 6.45) is 27.4. The molecule has 2 nitrogen and oxygen atoms in total. The Morgan fingerprint density at radius 1 is 0.786 bits per heavy atom. The molecule has 0 aromatic heterocycles. The molecule has 0 aliphatic heterocycles. The molecular weight excluding hydrogens is 364 g/mol. The van der Waals surface area contributed by atoms with Crippen LogP contribution < -0.4 is 0 Å². The number of unbranched alkanes of at least 4 members (excludes halogenated alkanes) is 9. The molecule has 0 fully saturated rings. The Morgan fingerprint density at radius 3 is 2.00 bits per heavy atom. The lowest BCUT2D eigenvalue weighted by molar-refractivity contribution is -0.138. The second kappa shape index (κ2) is 22.1.